The van der Waals surface area contributed by atoms with Crippen molar-refractivity contribution in [1.82, 2.24) is 0 Å². The first kappa shape index (κ1) is 18.8. The fraction of sp³-hybridized carbons (Fsp3) is 0.909. The molecule has 114 valence electrons. The summed E-state index contributed by atoms with van der Waals surface area (Å²) in [6.45, 7) is 10.5. The molecule has 1 unspecified atom stereocenters. The van der Waals surface area contributed by atoms with Crippen molar-refractivity contribution in [2.24, 2.45) is 5.73 Å². The molecule has 0 aromatic rings. The van der Waals surface area contributed by atoms with E-state index in [1.54, 1.807) is 13.8 Å². The van der Waals surface area contributed by atoms with Crippen molar-refractivity contribution in [3.63, 3.8) is 0 Å². The summed E-state index contributed by atoms with van der Waals surface area (Å²) in [6, 6.07) is 0.832. The quantitative estimate of drug-likeness (QED) is 0.400. The molecule has 0 spiro atoms. The minimum absolute atomic E-state index is 0.160. The van der Waals surface area contributed by atoms with Crippen molar-refractivity contribution in [1.29, 1.82) is 0 Å². The second kappa shape index (κ2) is 8.17. The molecule has 0 heterocycles. The van der Waals surface area contributed by atoms with Crippen LogP contribution in [0.5, 0.6) is 0 Å². The third kappa shape index (κ3) is 7.22. The molecule has 0 aliphatic carbocycles. The average Bonchev–Trinajstić information content (AvgIpc) is 2.26. The van der Waals surface area contributed by atoms with Gasteiger partial charge in [0, 0.05) is 8.07 Å². The van der Waals surface area contributed by atoms with E-state index >= 15 is 0 Å². The molecule has 1 atom stereocenters. The van der Waals surface area contributed by atoms with E-state index in [1.165, 1.54) is 0 Å². The second-order valence-electron chi connectivity index (χ2n) is 5.30. The summed E-state index contributed by atoms with van der Waals surface area (Å²) in [5.41, 5.74) is 5.64. The largest absolute Gasteiger partial charge is 0.464 e. The smallest absolute Gasteiger partial charge is 0.358 e. The average molecular weight is 311 g/mol. The van der Waals surface area contributed by atoms with Gasteiger partial charge in [-0.25, -0.2) is 4.79 Å². The summed E-state index contributed by atoms with van der Waals surface area (Å²) in [5, 5.41) is 0. The molecular weight excluding hydrogens is 285 g/mol. The Morgan fingerprint density at radius 1 is 1.21 bits per heavy atom. The first-order chi connectivity index (χ1) is 8.66. The van der Waals surface area contributed by atoms with Gasteiger partial charge in [0.15, 0.2) is 0 Å². The van der Waals surface area contributed by atoms with Gasteiger partial charge < -0.3 is 19.5 Å². The van der Waals surface area contributed by atoms with Crippen LogP contribution in [0.4, 0.5) is 0 Å². The summed E-state index contributed by atoms with van der Waals surface area (Å²) < 4.78 is 27.3. The molecule has 6 nitrogen and oxygen atoms in total. The van der Waals surface area contributed by atoms with Crippen LogP contribution in [0, 0.1) is 0 Å². The number of carbonyl (C=O) groups is 1. The lowest BCUT2D eigenvalue weighted by Gasteiger charge is -2.22. The number of hydrogen-bond donors (Lipinski definition) is 1. The first-order valence-corrected chi connectivity index (χ1v) is 11.8. The van der Waals surface area contributed by atoms with E-state index in [0.717, 1.165) is 6.04 Å². The summed E-state index contributed by atoms with van der Waals surface area (Å²) in [5.74, 6) is -2.11. The van der Waals surface area contributed by atoms with Crippen LogP contribution in [0.1, 0.15) is 13.8 Å². The molecule has 0 fully saturated rings. The Kier molecular flexibility index (Phi) is 8.08. The lowest BCUT2D eigenvalue weighted by Crippen LogP contribution is -2.35. The van der Waals surface area contributed by atoms with Crippen LogP contribution < -0.4 is 5.73 Å². The molecule has 0 rings (SSSR count). The van der Waals surface area contributed by atoms with E-state index in [2.05, 4.69) is 19.6 Å². The maximum absolute atomic E-state index is 12.3. The fourth-order valence-corrected chi connectivity index (χ4v) is 3.39. The highest BCUT2D eigenvalue weighted by Gasteiger charge is 2.39. The predicted molar refractivity (Wildman–Crippen MR) is 77.9 cm³/mol. The van der Waals surface area contributed by atoms with E-state index in [9.17, 15) is 9.36 Å². The summed E-state index contributed by atoms with van der Waals surface area (Å²) in [7, 11) is -4.92. The third-order valence-electron chi connectivity index (χ3n) is 2.30. The molecule has 2 N–H and O–H groups in total. The Hall–Kier alpha value is -0.203. The van der Waals surface area contributed by atoms with Gasteiger partial charge in [-0.15, -0.1) is 0 Å². The molecular formula is C11H26NO5PSi. The number of nitrogens with two attached hydrogens (primary N) is 1. The molecule has 0 radical (unpaired) electrons. The zero-order chi connectivity index (χ0) is 15.1. The van der Waals surface area contributed by atoms with Crippen LogP contribution in [-0.2, 0) is 23.1 Å². The number of hydrogen-bond acceptors (Lipinski definition) is 6. The molecule has 0 aromatic heterocycles. The van der Waals surface area contributed by atoms with Gasteiger partial charge in [0.2, 0.25) is 5.78 Å². The molecule has 0 saturated heterocycles. The van der Waals surface area contributed by atoms with Gasteiger partial charge in [-0.1, -0.05) is 19.6 Å². The van der Waals surface area contributed by atoms with Gasteiger partial charge in [0.05, 0.1) is 19.8 Å². The second-order valence-corrected chi connectivity index (χ2v) is 13.1. The number of rotatable bonds is 9. The Morgan fingerprint density at radius 3 is 2.05 bits per heavy atom. The summed E-state index contributed by atoms with van der Waals surface area (Å²) >= 11 is 0. The molecule has 0 bridgehead atoms. The van der Waals surface area contributed by atoms with Gasteiger partial charge >= 0.3 is 13.6 Å². The van der Waals surface area contributed by atoms with E-state index in [0.29, 0.717) is 6.61 Å². The predicted octanol–water partition coefficient (Wildman–Crippen LogP) is 2.42. The van der Waals surface area contributed by atoms with Crippen LogP contribution in [0.15, 0.2) is 0 Å². The van der Waals surface area contributed by atoms with Crippen molar-refractivity contribution in [2.45, 2.75) is 45.3 Å². The van der Waals surface area contributed by atoms with Crippen molar-refractivity contribution in [3.8, 4) is 0 Å². The van der Waals surface area contributed by atoms with Gasteiger partial charge in [0.25, 0.3) is 0 Å². The molecule has 8 heteroatoms. The van der Waals surface area contributed by atoms with E-state index < -0.39 is 27.4 Å². The highest BCUT2D eigenvalue weighted by atomic mass is 31.2. The SMILES string of the molecule is CCOP(=O)(OCC)C(N)C(=O)OCC[Si](C)(C)C. The van der Waals surface area contributed by atoms with Crippen molar-refractivity contribution >= 4 is 21.6 Å². The van der Waals surface area contributed by atoms with Gasteiger partial charge in [0.1, 0.15) is 0 Å². The molecule has 0 aliphatic rings. The van der Waals surface area contributed by atoms with Crippen LogP contribution in [0.2, 0.25) is 25.7 Å². The molecule has 0 amide bonds. The summed E-state index contributed by atoms with van der Waals surface area (Å²) in [6.07, 6.45) is 0. The van der Waals surface area contributed by atoms with Crippen molar-refractivity contribution < 1.29 is 23.1 Å². The molecule has 0 aliphatic heterocycles. The zero-order valence-corrected chi connectivity index (χ0v) is 14.4. The van der Waals surface area contributed by atoms with Crippen LogP contribution in [0.25, 0.3) is 0 Å². The molecule has 0 aromatic carbocycles. The van der Waals surface area contributed by atoms with Crippen molar-refractivity contribution in [3.05, 3.63) is 0 Å². The standard InChI is InChI=1S/C11H26NO5PSi/c1-6-16-18(14,17-7-2)10(12)11(13)15-8-9-19(3,4)5/h10H,6-9,12H2,1-5H3. The Balaban J connectivity index is 4.47. The Morgan fingerprint density at radius 2 is 1.68 bits per heavy atom. The topological polar surface area (TPSA) is 87.9 Å². The van der Waals surface area contributed by atoms with Gasteiger partial charge in [-0.05, 0) is 19.9 Å². The maximum Gasteiger partial charge on any atom is 0.358 e. The lowest BCUT2D eigenvalue weighted by molar-refractivity contribution is -0.143. The summed E-state index contributed by atoms with van der Waals surface area (Å²) in [4.78, 5) is 11.8. The van der Waals surface area contributed by atoms with Crippen LogP contribution >= 0.6 is 7.60 Å². The zero-order valence-electron chi connectivity index (χ0n) is 12.5. The Labute approximate surface area is 116 Å². The monoisotopic (exact) mass is 311 g/mol. The third-order valence-corrected chi connectivity index (χ3v) is 6.13. The van der Waals surface area contributed by atoms with Gasteiger partial charge in [-0.2, -0.15) is 0 Å². The minimum atomic E-state index is -3.63. The number of ether oxygens (including phenoxy) is 1. The normalized spacial score (nSPS) is 14.2. The molecule has 0 saturated carbocycles. The highest BCUT2D eigenvalue weighted by molar-refractivity contribution is 7.55. The Bertz CT molecular complexity index is 322. The highest BCUT2D eigenvalue weighted by Crippen LogP contribution is 2.51. The fourth-order valence-electron chi connectivity index (χ4n) is 1.23. The van der Waals surface area contributed by atoms with E-state index in [-0.39, 0.29) is 13.2 Å². The van der Waals surface area contributed by atoms with E-state index in [4.69, 9.17) is 19.5 Å². The van der Waals surface area contributed by atoms with Crippen LogP contribution in [0.3, 0.4) is 0 Å². The van der Waals surface area contributed by atoms with E-state index in [1.807, 2.05) is 0 Å². The number of carbonyl (C=O) groups excluding carboxylic acids is 1. The van der Waals surface area contributed by atoms with Gasteiger partial charge in [-0.3, -0.25) is 4.57 Å². The van der Waals surface area contributed by atoms with Crippen molar-refractivity contribution in [2.75, 3.05) is 19.8 Å². The van der Waals surface area contributed by atoms with Crippen LogP contribution in [-0.4, -0.2) is 39.6 Å². The lowest BCUT2D eigenvalue weighted by atomic mass is 10.7. The number of esters is 1. The minimum Gasteiger partial charge on any atom is -0.464 e. The molecule has 19 heavy (non-hydrogen) atoms. The maximum atomic E-state index is 12.3. The first-order valence-electron chi connectivity index (χ1n) is 6.47.